The Bertz CT molecular complexity index is 1280. The third-order valence-corrected chi connectivity index (χ3v) is 6.08. The van der Waals surface area contributed by atoms with Gasteiger partial charge in [-0.15, -0.1) is 10.2 Å². The molecule has 0 aliphatic rings. The summed E-state index contributed by atoms with van der Waals surface area (Å²) in [5.41, 5.74) is 8.91. The van der Waals surface area contributed by atoms with Crippen molar-refractivity contribution in [2.24, 2.45) is 5.10 Å². The minimum atomic E-state index is -0.208. The van der Waals surface area contributed by atoms with Gasteiger partial charge < -0.3 is 0 Å². The number of benzene rings is 3. The van der Waals surface area contributed by atoms with Crippen LogP contribution in [0.1, 0.15) is 22.3 Å². The second-order valence-electron chi connectivity index (χ2n) is 7.78. The zero-order valence-electron chi connectivity index (χ0n) is 18.8. The first kappa shape index (κ1) is 22.5. The first-order chi connectivity index (χ1) is 16.0. The quantitative estimate of drug-likeness (QED) is 0.239. The van der Waals surface area contributed by atoms with Crippen molar-refractivity contribution in [1.29, 1.82) is 0 Å². The van der Waals surface area contributed by atoms with Crippen molar-refractivity contribution >= 4 is 23.9 Å². The Hall–Kier alpha value is -3.71. The molecule has 33 heavy (non-hydrogen) atoms. The molecule has 0 aliphatic carbocycles. The summed E-state index contributed by atoms with van der Waals surface area (Å²) >= 11 is 1.33. The second-order valence-corrected chi connectivity index (χ2v) is 8.72. The van der Waals surface area contributed by atoms with Crippen molar-refractivity contribution < 1.29 is 4.79 Å². The van der Waals surface area contributed by atoms with Crippen LogP contribution in [0.3, 0.4) is 0 Å². The molecule has 1 N–H and O–H groups in total. The lowest BCUT2D eigenvalue weighted by atomic mass is 10.1. The third kappa shape index (κ3) is 5.56. The average Bonchev–Trinajstić information content (AvgIpc) is 3.24. The van der Waals surface area contributed by atoms with Gasteiger partial charge in [0.2, 0.25) is 0 Å². The van der Waals surface area contributed by atoms with Crippen molar-refractivity contribution in [3.63, 3.8) is 0 Å². The number of amides is 1. The highest BCUT2D eigenvalue weighted by molar-refractivity contribution is 7.99. The van der Waals surface area contributed by atoms with Crippen molar-refractivity contribution in [3.8, 4) is 17.1 Å². The largest absolute Gasteiger partial charge is 0.272 e. The molecule has 7 heteroatoms. The Morgan fingerprint density at radius 1 is 0.939 bits per heavy atom. The van der Waals surface area contributed by atoms with E-state index < -0.39 is 0 Å². The predicted molar refractivity (Wildman–Crippen MR) is 134 cm³/mol. The van der Waals surface area contributed by atoms with E-state index in [1.807, 2.05) is 66.9 Å². The summed E-state index contributed by atoms with van der Waals surface area (Å²) in [4.78, 5) is 12.4. The minimum Gasteiger partial charge on any atom is -0.272 e. The maximum Gasteiger partial charge on any atom is 0.250 e. The average molecular weight is 456 g/mol. The van der Waals surface area contributed by atoms with Crippen LogP contribution in [0.4, 0.5) is 0 Å². The van der Waals surface area contributed by atoms with Crippen LogP contribution in [0.5, 0.6) is 0 Å². The molecule has 0 atom stereocenters. The van der Waals surface area contributed by atoms with Gasteiger partial charge in [-0.05, 0) is 44.0 Å². The molecule has 1 heterocycles. The molecular weight excluding hydrogens is 430 g/mol. The molecule has 0 aliphatic heterocycles. The van der Waals surface area contributed by atoms with Crippen LogP contribution in [-0.2, 0) is 4.79 Å². The van der Waals surface area contributed by atoms with Gasteiger partial charge in [0.15, 0.2) is 11.0 Å². The minimum absolute atomic E-state index is 0.170. The number of hydrazone groups is 1. The van der Waals surface area contributed by atoms with Crippen LogP contribution in [-0.4, -0.2) is 32.6 Å². The van der Waals surface area contributed by atoms with Crippen molar-refractivity contribution in [1.82, 2.24) is 20.2 Å². The van der Waals surface area contributed by atoms with Gasteiger partial charge in [-0.2, -0.15) is 5.10 Å². The Kier molecular flexibility index (Phi) is 7.00. The van der Waals surface area contributed by atoms with Gasteiger partial charge in [0.25, 0.3) is 5.91 Å². The van der Waals surface area contributed by atoms with Gasteiger partial charge in [0, 0.05) is 11.3 Å². The van der Waals surface area contributed by atoms with E-state index in [0.717, 1.165) is 28.2 Å². The number of aromatic nitrogens is 3. The molecule has 166 valence electrons. The van der Waals surface area contributed by atoms with E-state index in [2.05, 4.69) is 51.9 Å². The normalized spacial score (nSPS) is 11.1. The molecule has 1 amide bonds. The summed E-state index contributed by atoms with van der Waals surface area (Å²) in [6.07, 6.45) is 1.65. The number of rotatable bonds is 7. The Labute approximate surface area is 197 Å². The van der Waals surface area contributed by atoms with Crippen LogP contribution in [0.25, 0.3) is 17.1 Å². The second kappa shape index (κ2) is 10.3. The first-order valence-corrected chi connectivity index (χ1v) is 11.6. The fourth-order valence-corrected chi connectivity index (χ4v) is 3.99. The van der Waals surface area contributed by atoms with Crippen molar-refractivity contribution in [2.75, 3.05) is 5.75 Å². The SMILES string of the molecule is Cc1ccc(-c2nnc(SCC(=O)NN=Cc3ccccc3C)n2-c2ccc(C)cc2)cc1. The van der Waals surface area contributed by atoms with E-state index in [0.29, 0.717) is 5.16 Å². The van der Waals surface area contributed by atoms with Crippen LogP contribution in [0, 0.1) is 20.8 Å². The fraction of sp³-hybridized carbons (Fsp3) is 0.154. The topological polar surface area (TPSA) is 72.2 Å². The number of hydrogen-bond acceptors (Lipinski definition) is 5. The van der Waals surface area contributed by atoms with Gasteiger partial charge in [-0.1, -0.05) is 83.6 Å². The number of carbonyl (C=O) groups excluding carboxylic acids is 1. The molecular formula is C26H25N5OS. The maximum atomic E-state index is 12.4. The molecule has 4 rings (SSSR count). The van der Waals surface area contributed by atoms with Crippen LogP contribution < -0.4 is 5.43 Å². The summed E-state index contributed by atoms with van der Waals surface area (Å²) in [5.74, 6) is 0.697. The van der Waals surface area contributed by atoms with Gasteiger partial charge in [-0.3, -0.25) is 9.36 Å². The molecule has 4 aromatic rings. The number of aryl methyl sites for hydroxylation is 3. The Balaban J connectivity index is 1.52. The summed E-state index contributed by atoms with van der Waals surface area (Å²) in [6.45, 7) is 6.10. The lowest BCUT2D eigenvalue weighted by Crippen LogP contribution is -2.20. The van der Waals surface area contributed by atoms with Gasteiger partial charge >= 0.3 is 0 Å². The molecule has 0 saturated heterocycles. The van der Waals surface area contributed by atoms with E-state index >= 15 is 0 Å². The molecule has 0 unspecified atom stereocenters. The Morgan fingerprint density at radius 3 is 2.30 bits per heavy atom. The monoisotopic (exact) mass is 455 g/mol. The summed E-state index contributed by atoms with van der Waals surface area (Å²) in [6, 6.07) is 24.2. The number of thioether (sulfide) groups is 1. The van der Waals surface area contributed by atoms with Crippen LogP contribution >= 0.6 is 11.8 Å². The van der Waals surface area contributed by atoms with Gasteiger partial charge in [-0.25, -0.2) is 5.43 Å². The van der Waals surface area contributed by atoms with E-state index in [-0.39, 0.29) is 11.7 Å². The smallest absolute Gasteiger partial charge is 0.250 e. The molecule has 0 bridgehead atoms. The van der Waals surface area contributed by atoms with E-state index in [9.17, 15) is 4.79 Å². The first-order valence-electron chi connectivity index (χ1n) is 10.6. The molecule has 6 nitrogen and oxygen atoms in total. The lowest BCUT2D eigenvalue weighted by Gasteiger charge is -2.11. The number of hydrogen-bond donors (Lipinski definition) is 1. The molecule has 0 spiro atoms. The van der Waals surface area contributed by atoms with E-state index in [1.165, 1.54) is 22.9 Å². The molecule has 0 saturated carbocycles. The highest BCUT2D eigenvalue weighted by Gasteiger charge is 2.17. The summed E-state index contributed by atoms with van der Waals surface area (Å²) in [5, 5.41) is 13.5. The van der Waals surface area contributed by atoms with E-state index in [4.69, 9.17) is 0 Å². The van der Waals surface area contributed by atoms with Crippen molar-refractivity contribution in [2.45, 2.75) is 25.9 Å². The maximum absolute atomic E-state index is 12.4. The van der Waals surface area contributed by atoms with Gasteiger partial charge in [0.1, 0.15) is 0 Å². The highest BCUT2D eigenvalue weighted by Crippen LogP contribution is 2.28. The molecule has 0 radical (unpaired) electrons. The summed E-state index contributed by atoms with van der Waals surface area (Å²) < 4.78 is 1.98. The standard InChI is InChI=1S/C26H25N5OS/c1-18-8-12-21(13-9-18)25-29-30-26(31(25)23-14-10-19(2)11-15-23)33-17-24(32)28-27-16-22-7-5-4-6-20(22)3/h4-16H,17H2,1-3H3,(H,28,32). The lowest BCUT2D eigenvalue weighted by molar-refractivity contribution is -0.118. The predicted octanol–water partition coefficient (Wildman–Crippen LogP) is 5.10. The molecule has 1 aromatic heterocycles. The molecule has 3 aromatic carbocycles. The zero-order valence-corrected chi connectivity index (χ0v) is 19.6. The Morgan fingerprint density at radius 2 is 1.61 bits per heavy atom. The van der Waals surface area contributed by atoms with Crippen LogP contribution in [0.2, 0.25) is 0 Å². The van der Waals surface area contributed by atoms with Gasteiger partial charge in [0.05, 0.1) is 12.0 Å². The highest BCUT2D eigenvalue weighted by atomic mass is 32.2. The zero-order chi connectivity index (χ0) is 23.2. The number of carbonyl (C=O) groups is 1. The summed E-state index contributed by atoms with van der Waals surface area (Å²) in [7, 11) is 0. The number of nitrogens with one attached hydrogen (secondary N) is 1. The van der Waals surface area contributed by atoms with Crippen LogP contribution in [0.15, 0.2) is 83.1 Å². The third-order valence-electron chi connectivity index (χ3n) is 5.15. The fourth-order valence-electron chi connectivity index (χ4n) is 3.25. The number of nitrogens with zero attached hydrogens (tertiary/aromatic N) is 4. The molecule has 0 fully saturated rings. The van der Waals surface area contributed by atoms with E-state index in [1.54, 1.807) is 6.21 Å². The van der Waals surface area contributed by atoms with Crippen molar-refractivity contribution in [3.05, 3.63) is 95.1 Å².